The zero-order valence-corrected chi connectivity index (χ0v) is 15.4. The molecule has 1 aliphatic rings. The van der Waals surface area contributed by atoms with Gasteiger partial charge in [0, 0.05) is 24.7 Å². The molecule has 0 aliphatic carbocycles. The number of amides is 1. The van der Waals surface area contributed by atoms with Gasteiger partial charge in [0.25, 0.3) is 0 Å². The summed E-state index contributed by atoms with van der Waals surface area (Å²) >= 11 is 0. The van der Waals surface area contributed by atoms with E-state index in [1.807, 2.05) is 18.2 Å². The number of sulfone groups is 1. The lowest BCUT2D eigenvalue weighted by Crippen LogP contribution is -2.36. The molecule has 0 unspecified atom stereocenters. The molecule has 1 saturated heterocycles. The summed E-state index contributed by atoms with van der Waals surface area (Å²) in [5, 5.41) is 9.80. The molecule has 1 amide bonds. The Labute approximate surface area is 157 Å². The van der Waals surface area contributed by atoms with Crippen LogP contribution >= 0.6 is 0 Å². The first kappa shape index (κ1) is 17.6. The normalized spacial score (nSPS) is 15.9. The van der Waals surface area contributed by atoms with E-state index >= 15 is 0 Å². The molecule has 2 heterocycles. The van der Waals surface area contributed by atoms with Crippen LogP contribution in [0.3, 0.4) is 0 Å². The molecule has 27 heavy (non-hydrogen) atoms. The molecule has 0 atom stereocenters. The number of para-hydroxylation sites is 1. The highest BCUT2D eigenvalue weighted by molar-refractivity contribution is 7.91. The van der Waals surface area contributed by atoms with Crippen molar-refractivity contribution in [3.8, 4) is 0 Å². The lowest BCUT2D eigenvalue weighted by Gasteiger charge is -2.30. The van der Waals surface area contributed by atoms with Crippen LogP contribution in [0.5, 0.6) is 0 Å². The van der Waals surface area contributed by atoms with Crippen LogP contribution in [-0.2, 0) is 9.84 Å². The number of benzene rings is 2. The van der Waals surface area contributed by atoms with Gasteiger partial charge >= 0.3 is 6.09 Å². The molecule has 2 aromatic carbocycles. The van der Waals surface area contributed by atoms with Crippen LogP contribution in [0.4, 0.5) is 4.79 Å². The molecule has 4 rings (SSSR count). The summed E-state index contributed by atoms with van der Waals surface area (Å²) in [5.41, 5.74) is 1.87. The molecule has 140 valence electrons. The average Bonchev–Trinajstić information content (AvgIpc) is 3.14. The van der Waals surface area contributed by atoms with Crippen molar-refractivity contribution < 1.29 is 18.3 Å². The van der Waals surface area contributed by atoms with Crippen molar-refractivity contribution in [2.24, 2.45) is 0 Å². The third kappa shape index (κ3) is 3.08. The van der Waals surface area contributed by atoms with Gasteiger partial charge in [-0.15, -0.1) is 0 Å². The zero-order valence-electron chi connectivity index (χ0n) is 14.6. The van der Waals surface area contributed by atoms with Crippen LogP contribution < -0.4 is 0 Å². The van der Waals surface area contributed by atoms with Crippen LogP contribution in [0.25, 0.3) is 10.9 Å². The Balaban J connectivity index is 1.72. The number of carboxylic acid groups (broad SMARTS) is 1. The Kier molecular flexibility index (Phi) is 4.39. The van der Waals surface area contributed by atoms with Gasteiger partial charge in [-0.25, -0.2) is 13.2 Å². The number of fused-ring (bicyclic) bond motifs is 1. The summed E-state index contributed by atoms with van der Waals surface area (Å²) in [4.78, 5) is 16.2. The van der Waals surface area contributed by atoms with E-state index in [1.165, 1.54) is 4.90 Å². The topological polar surface area (TPSA) is 90.5 Å². The number of likely N-dealkylation sites (tertiary alicyclic amines) is 1. The Hall–Kier alpha value is -2.80. The quantitative estimate of drug-likeness (QED) is 0.717. The maximum atomic E-state index is 13.0. The Morgan fingerprint density at radius 2 is 1.74 bits per heavy atom. The van der Waals surface area contributed by atoms with Crippen LogP contribution in [-0.4, -0.2) is 42.6 Å². The van der Waals surface area contributed by atoms with Crippen molar-refractivity contribution in [3.05, 3.63) is 60.3 Å². The van der Waals surface area contributed by atoms with E-state index in [-0.39, 0.29) is 15.7 Å². The monoisotopic (exact) mass is 384 g/mol. The number of aromatic nitrogens is 1. The molecule has 1 fully saturated rings. The first-order chi connectivity index (χ1) is 13.0. The maximum Gasteiger partial charge on any atom is 0.407 e. The summed E-state index contributed by atoms with van der Waals surface area (Å²) in [6.07, 6.45) is 2.13. The summed E-state index contributed by atoms with van der Waals surface area (Å²) in [6, 6.07) is 14.1. The molecule has 1 aliphatic heterocycles. The van der Waals surface area contributed by atoms with E-state index < -0.39 is 15.9 Å². The molecule has 0 spiro atoms. The number of aromatic amines is 1. The van der Waals surface area contributed by atoms with E-state index in [9.17, 15) is 13.2 Å². The first-order valence-electron chi connectivity index (χ1n) is 8.86. The van der Waals surface area contributed by atoms with Crippen LogP contribution in [0.2, 0.25) is 0 Å². The Morgan fingerprint density at radius 1 is 1.04 bits per heavy atom. The highest BCUT2D eigenvalue weighted by Crippen LogP contribution is 2.36. The van der Waals surface area contributed by atoms with Gasteiger partial charge in [-0.2, -0.15) is 0 Å². The number of nitrogens with zero attached hydrogens (tertiary/aromatic N) is 1. The number of hydrogen-bond acceptors (Lipinski definition) is 3. The number of hydrogen-bond donors (Lipinski definition) is 2. The average molecular weight is 384 g/mol. The largest absolute Gasteiger partial charge is 0.465 e. The molecule has 7 heteroatoms. The number of nitrogens with one attached hydrogen (secondary N) is 1. The molecule has 0 radical (unpaired) electrons. The van der Waals surface area contributed by atoms with Gasteiger partial charge in [-0.3, -0.25) is 0 Å². The molecular weight excluding hydrogens is 364 g/mol. The molecule has 2 N–H and O–H groups in total. The van der Waals surface area contributed by atoms with Crippen molar-refractivity contribution in [2.75, 3.05) is 13.1 Å². The third-order valence-corrected chi connectivity index (χ3v) is 7.07. The highest BCUT2D eigenvalue weighted by atomic mass is 32.2. The predicted molar refractivity (Wildman–Crippen MR) is 102 cm³/mol. The zero-order chi connectivity index (χ0) is 19.0. The molecule has 0 bridgehead atoms. The van der Waals surface area contributed by atoms with Crippen LogP contribution in [0, 0.1) is 0 Å². The van der Waals surface area contributed by atoms with Crippen molar-refractivity contribution >= 4 is 26.8 Å². The Morgan fingerprint density at radius 3 is 2.41 bits per heavy atom. The van der Waals surface area contributed by atoms with E-state index in [4.69, 9.17) is 5.11 Å². The third-order valence-electron chi connectivity index (χ3n) is 5.26. The van der Waals surface area contributed by atoms with Gasteiger partial charge in [0.2, 0.25) is 9.84 Å². The predicted octanol–water partition coefficient (Wildman–Crippen LogP) is 3.86. The first-order valence-corrected chi connectivity index (χ1v) is 10.3. The fourth-order valence-electron chi connectivity index (χ4n) is 3.82. The van der Waals surface area contributed by atoms with Crippen molar-refractivity contribution in [1.82, 2.24) is 9.88 Å². The second-order valence-corrected chi connectivity index (χ2v) is 8.70. The number of piperidine rings is 1. The number of rotatable bonds is 3. The summed E-state index contributed by atoms with van der Waals surface area (Å²) in [6.45, 7) is 0.985. The van der Waals surface area contributed by atoms with Gasteiger partial charge in [0.15, 0.2) is 0 Å². The minimum absolute atomic E-state index is 0.204. The fraction of sp³-hybridized carbons (Fsp3) is 0.250. The summed E-state index contributed by atoms with van der Waals surface area (Å²) in [5.74, 6) is 0.204. The summed E-state index contributed by atoms with van der Waals surface area (Å²) < 4.78 is 26.0. The van der Waals surface area contributed by atoms with Gasteiger partial charge in [-0.05, 0) is 36.5 Å². The minimum atomic E-state index is -3.61. The number of H-pyrrole nitrogens is 1. The smallest absolute Gasteiger partial charge is 0.407 e. The minimum Gasteiger partial charge on any atom is -0.465 e. The van der Waals surface area contributed by atoms with Gasteiger partial charge in [0.1, 0.15) is 0 Å². The Bertz CT molecular complexity index is 1080. The molecule has 6 nitrogen and oxygen atoms in total. The van der Waals surface area contributed by atoms with Crippen molar-refractivity contribution in [1.29, 1.82) is 0 Å². The van der Waals surface area contributed by atoms with E-state index in [1.54, 1.807) is 36.5 Å². The standard InChI is InChI=1S/C20H20N2O4S/c23-20(24)22-11-9-14(10-12-22)16-7-4-8-17-18(13-21-19(16)17)27(25,26)15-5-2-1-3-6-15/h1-8,13-14,21H,9-12H2,(H,23,24). The van der Waals surface area contributed by atoms with E-state index in [0.717, 1.165) is 23.9 Å². The highest BCUT2D eigenvalue weighted by Gasteiger charge is 2.27. The van der Waals surface area contributed by atoms with Gasteiger partial charge in [-0.1, -0.05) is 36.4 Å². The van der Waals surface area contributed by atoms with E-state index in [2.05, 4.69) is 4.98 Å². The van der Waals surface area contributed by atoms with Crippen molar-refractivity contribution in [3.63, 3.8) is 0 Å². The molecule has 0 saturated carbocycles. The maximum absolute atomic E-state index is 13.0. The van der Waals surface area contributed by atoms with E-state index in [0.29, 0.717) is 18.5 Å². The lowest BCUT2D eigenvalue weighted by atomic mass is 9.88. The SMILES string of the molecule is O=C(O)N1CCC(c2cccc3c(S(=O)(=O)c4ccccc4)c[nH]c23)CC1. The van der Waals surface area contributed by atoms with Crippen LogP contribution in [0.1, 0.15) is 24.3 Å². The summed E-state index contributed by atoms with van der Waals surface area (Å²) in [7, 11) is -3.61. The second-order valence-electron chi connectivity index (χ2n) is 6.78. The second kappa shape index (κ2) is 6.74. The molecule has 1 aromatic heterocycles. The van der Waals surface area contributed by atoms with Crippen LogP contribution in [0.15, 0.2) is 64.5 Å². The lowest BCUT2D eigenvalue weighted by molar-refractivity contribution is 0.132. The van der Waals surface area contributed by atoms with Crippen molar-refractivity contribution in [2.45, 2.75) is 28.6 Å². The molecular formula is C20H20N2O4S. The number of carbonyl (C=O) groups is 1. The van der Waals surface area contributed by atoms with Gasteiger partial charge in [0.05, 0.1) is 15.3 Å². The van der Waals surface area contributed by atoms with Gasteiger partial charge < -0.3 is 15.0 Å². The molecule has 3 aromatic rings. The fourth-order valence-corrected chi connectivity index (χ4v) is 5.27.